The fraction of sp³-hybridized carbons (Fsp3) is 0.263. The zero-order valence-corrected chi connectivity index (χ0v) is 15.7. The molecule has 0 radical (unpaired) electrons. The smallest absolute Gasteiger partial charge is 0.338 e. The number of amides is 1. The van der Waals surface area contributed by atoms with Crippen molar-refractivity contribution in [1.82, 2.24) is 5.32 Å². The van der Waals surface area contributed by atoms with Gasteiger partial charge in [-0.2, -0.15) is 0 Å². The van der Waals surface area contributed by atoms with Crippen molar-refractivity contribution in [3.05, 3.63) is 53.1 Å². The Kier molecular flexibility index (Phi) is 7.76. The van der Waals surface area contributed by atoms with E-state index in [0.29, 0.717) is 22.3 Å². The highest BCUT2D eigenvalue weighted by molar-refractivity contribution is 6.30. The van der Waals surface area contributed by atoms with Crippen LogP contribution < -0.4 is 19.5 Å². The van der Waals surface area contributed by atoms with Gasteiger partial charge < -0.3 is 24.3 Å². The van der Waals surface area contributed by atoms with Crippen LogP contribution in [0.5, 0.6) is 17.2 Å². The maximum atomic E-state index is 12.1. The molecule has 1 amide bonds. The predicted octanol–water partition coefficient (Wildman–Crippen LogP) is 2.71. The summed E-state index contributed by atoms with van der Waals surface area (Å²) in [5, 5.41) is 3.22. The molecule has 0 heterocycles. The zero-order chi connectivity index (χ0) is 19.6. The molecule has 0 saturated carbocycles. The summed E-state index contributed by atoms with van der Waals surface area (Å²) in [6.45, 7) is 0.139. The van der Waals surface area contributed by atoms with Gasteiger partial charge in [0.2, 0.25) is 0 Å². The van der Waals surface area contributed by atoms with Gasteiger partial charge in [-0.05, 0) is 36.4 Å². The van der Waals surface area contributed by atoms with Crippen molar-refractivity contribution in [2.75, 3.05) is 34.0 Å². The molecule has 2 aromatic rings. The number of ether oxygens (including phenoxy) is 4. The second-order valence-electron chi connectivity index (χ2n) is 5.33. The van der Waals surface area contributed by atoms with Crippen LogP contribution >= 0.6 is 11.6 Å². The van der Waals surface area contributed by atoms with Crippen LogP contribution in [0.1, 0.15) is 10.4 Å². The van der Waals surface area contributed by atoms with Crippen LogP contribution in [0.4, 0.5) is 0 Å². The monoisotopic (exact) mass is 393 g/mol. The Morgan fingerprint density at radius 1 is 0.963 bits per heavy atom. The Hall–Kier alpha value is -2.93. The molecule has 8 heteroatoms. The minimum atomic E-state index is -0.653. The van der Waals surface area contributed by atoms with E-state index in [1.165, 1.54) is 26.4 Å². The number of benzene rings is 2. The van der Waals surface area contributed by atoms with Crippen molar-refractivity contribution in [1.29, 1.82) is 0 Å². The third-order valence-electron chi connectivity index (χ3n) is 3.43. The molecule has 1 N–H and O–H groups in total. The number of nitrogens with one attached hydrogen (secondary N) is 1. The number of carbonyl (C=O) groups excluding carboxylic acids is 2. The Morgan fingerprint density at radius 3 is 2.19 bits per heavy atom. The molecule has 0 spiro atoms. The molecule has 7 nitrogen and oxygen atoms in total. The summed E-state index contributed by atoms with van der Waals surface area (Å²) in [6, 6.07) is 11.5. The minimum Gasteiger partial charge on any atom is -0.497 e. The van der Waals surface area contributed by atoms with Gasteiger partial charge in [0.25, 0.3) is 5.91 Å². The van der Waals surface area contributed by atoms with Crippen LogP contribution in [0, 0.1) is 0 Å². The third kappa shape index (κ3) is 6.71. The summed E-state index contributed by atoms with van der Waals surface area (Å²) in [4.78, 5) is 23.8. The second kappa shape index (κ2) is 10.3. The van der Waals surface area contributed by atoms with E-state index in [1.807, 2.05) is 0 Å². The molecular weight excluding hydrogens is 374 g/mol. The quantitative estimate of drug-likeness (QED) is 0.521. The van der Waals surface area contributed by atoms with Crippen molar-refractivity contribution >= 4 is 23.5 Å². The van der Waals surface area contributed by atoms with Gasteiger partial charge in [-0.1, -0.05) is 11.6 Å². The molecule has 0 aromatic heterocycles. The molecule has 0 aliphatic rings. The first-order valence-corrected chi connectivity index (χ1v) is 8.45. The number of halogens is 1. The molecule has 0 fully saturated rings. The maximum absolute atomic E-state index is 12.1. The summed E-state index contributed by atoms with van der Waals surface area (Å²) in [5.74, 6) is 0.458. The SMILES string of the molecule is COc1cc(OC)cc(C(=O)OCC(=O)NCCOc2ccc(Cl)cc2)c1. The van der Waals surface area contributed by atoms with E-state index in [-0.39, 0.29) is 18.7 Å². The molecule has 0 saturated heterocycles. The minimum absolute atomic E-state index is 0.227. The van der Waals surface area contributed by atoms with Gasteiger partial charge in [0.15, 0.2) is 6.61 Å². The van der Waals surface area contributed by atoms with E-state index in [2.05, 4.69) is 5.32 Å². The third-order valence-corrected chi connectivity index (χ3v) is 3.68. The molecule has 0 aliphatic heterocycles. The van der Waals surface area contributed by atoms with Crippen LogP contribution in [-0.4, -0.2) is 45.9 Å². The summed E-state index contributed by atoms with van der Waals surface area (Å²) in [7, 11) is 2.95. The summed E-state index contributed by atoms with van der Waals surface area (Å²) in [5.41, 5.74) is 0.227. The van der Waals surface area contributed by atoms with Gasteiger partial charge in [0.05, 0.1) is 26.3 Å². The van der Waals surface area contributed by atoms with E-state index >= 15 is 0 Å². The Morgan fingerprint density at radius 2 is 1.59 bits per heavy atom. The first-order chi connectivity index (χ1) is 13.0. The van der Waals surface area contributed by atoms with Crippen molar-refractivity contribution in [2.45, 2.75) is 0 Å². The largest absolute Gasteiger partial charge is 0.497 e. The number of hydrogen-bond acceptors (Lipinski definition) is 6. The topological polar surface area (TPSA) is 83.1 Å². The highest BCUT2D eigenvalue weighted by Crippen LogP contribution is 2.23. The zero-order valence-electron chi connectivity index (χ0n) is 15.0. The number of rotatable bonds is 9. The van der Waals surface area contributed by atoms with Gasteiger partial charge in [-0.3, -0.25) is 4.79 Å². The maximum Gasteiger partial charge on any atom is 0.338 e. The number of methoxy groups -OCH3 is 2. The molecule has 27 heavy (non-hydrogen) atoms. The molecule has 0 unspecified atom stereocenters. The van der Waals surface area contributed by atoms with Crippen LogP contribution in [0.2, 0.25) is 5.02 Å². The highest BCUT2D eigenvalue weighted by Gasteiger charge is 2.13. The van der Waals surface area contributed by atoms with E-state index in [4.69, 9.17) is 30.5 Å². The van der Waals surface area contributed by atoms with Crippen LogP contribution in [-0.2, 0) is 9.53 Å². The van der Waals surface area contributed by atoms with Crippen molar-refractivity contribution < 1.29 is 28.5 Å². The number of esters is 1. The van der Waals surface area contributed by atoms with Gasteiger partial charge in [0, 0.05) is 11.1 Å². The van der Waals surface area contributed by atoms with Crippen molar-refractivity contribution in [3.8, 4) is 17.2 Å². The molecular formula is C19H20ClNO6. The summed E-state index contributed by atoms with van der Waals surface area (Å²) in [6.07, 6.45) is 0. The van der Waals surface area contributed by atoms with Gasteiger partial charge >= 0.3 is 5.97 Å². The molecule has 2 aromatic carbocycles. The van der Waals surface area contributed by atoms with Crippen LogP contribution in [0.15, 0.2) is 42.5 Å². The van der Waals surface area contributed by atoms with Gasteiger partial charge in [-0.25, -0.2) is 4.79 Å². The lowest BCUT2D eigenvalue weighted by atomic mass is 10.2. The Labute approximate surface area is 162 Å². The van der Waals surface area contributed by atoms with Crippen molar-refractivity contribution in [3.63, 3.8) is 0 Å². The van der Waals surface area contributed by atoms with Gasteiger partial charge in [0.1, 0.15) is 23.9 Å². The standard InChI is InChI=1S/C19H20ClNO6/c1-24-16-9-13(10-17(11-16)25-2)19(23)27-12-18(22)21-7-8-26-15-5-3-14(20)4-6-15/h3-6,9-11H,7-8,12H2,1-2H3,(H,21,22). The average molecular weight is 394 g/mol. The van der Waals surface area contributed by atoms with E-state index in [9.17, 15) is 9.59 Å². The lowest BCUT2D eigenvalue weighted by molar-refractivity contribution is -0.124. The van der Waals surface area contributed by atoms with Gasteiger partial charge in [-0.15, -0.1) is 0 Å². The fourth-order valence-corrected chi connectivity index (χ4v) is 2.21. The average Bonchev–Trinajstić information content (AvgIpc) is 2.70. The lowest BCUT2D eigenvalue weighted by Crippen LogP contribution is -2.32. The predicted molar refractivity (Wildman–Crippen MR) is 99.8 cm³/mol. The first-order valence-electron chi connectivity index (χ1n) is 8.07. The van der Waals surface area contributed by atoms with Crippen molar-refractivity contribution in [2.24, 2.45) is 0 Å². The molecule has 0 bridgehead atoms. The Balaban J connectivity index is 1.73. The Bertz CT molecular complexity index is 756. The molecule has 144 valence electrons. The van der Waals surface area contributed by atoms with Crippen LogP contribution in [0.3, 0.4) is 0 Å². The second-order valence-corrected chi connectivity index (χ2v) is 5.77. The first kappa shape index (κ1) is 20.4. The summed E-state index contributed by atoms with van der Waals surface area (Å²) < 4.78 is 20.6. The number of hydrogen-bond donors (Lipinski definition) is 1. The molecule has 2 rings (SSSR count). The highest BCUT2D eigenvalue weighted by atomic mass is 35.5. The lowest BCUT2D eigenvalue weighted by Gasteiger charge is -2.10. The van der Waals surface area contributed by atoms with E-state index in [0.717, 1.165) is 0 Å². The fourth-order valence-electron chi connectivity index (χ4n) is 2.08. The summed E-state index contributed by atoms with van der Waals surface area (Å²) >= 11 is 5.78. The normalized spacial score (nSPS) is 10.0. The van der Waals surface area contributed by atoms with E-state index in [1.54, 1.807) is 30.3 Å². The van der Waals surface area contributed by atoms with E-state index < -0.39 is 18.5 Å². The van der Waals surface area contributed by atoms with Crippen LogP contribution in [0.25, 0.3) is 0 Å². The molecule has 0 aliphatic carbocycles. The number of carbonyl (C=O) groups is 2. The molecule has 0 atom stereocenters.